The molecule has 0 aliphatic carbocycles. The van der Waals surface area contributed by atoms with E-state index >= 15 is 0 Å². The maximum atomic E-state index is 12.1. The van der Waals surface area contributed by atoms with Crippen LogP contribution in [0.25, 0.3) is 10.9 Å². The van der Waals surface area contributed by atoms with Crippen molar-refractivity contribution in [3.8, 4) is 0 Å². The molecule has 0 bridgehead atoms. The summed E-state index contributed by atoms with van der Waals surface area (Å²) in [6.07, 6.45) is 1.57. The van der Waals surface area contributed by atoms with Gasteiger partial charge in [0.25, 0.3) is 5.56 Å². The highest BCUT2D eigenvalue weighted by molar-refractivity contribution is 7.09. The largest absolute Gasteiger partial charge is 0.368 e. The van der Waals surface area contributed by atoms with Crippen LogP contribution in [-0.4, -0.2) is 45.1 Å². The van der Waals surface area contributed by atoms with E-state index in [0.717, 1.165) is 48.3 Å². The van der Waals surface area contributed by atoms with Gasteiger partial charge in [-0.2, -0.15) is 4.37 Å². The van der Waals surface area contributed by atoms with Gasteiger partial charge in [0.05, 0.1) is 17.2 Å². The van der Waals surface area contributed by atoms with Gasteiger partial charge in [-0.25, -0.2) is 9.97 Å². The van der Waals surface area contributed by atoms with Crippen molar-refractivity contribution in [3.05, 3.63) is 40.7 Å². The first-order valence-corrected chi connectivity index (χ1v) is 8.65. The summed E-state index contributed by atoms with van der Waals surface area (Å²) in [5.74, 6) is 0.833. The second kappa shape index (κ2) is 5.86. The van der Waals surface area contributed by atoms with E-state index in [4.69, 9.17) is 0 Å². The van der Waals surface area contributed by atoms with Crippen molar-refractivity contribution in [1.82, 2.24) is 18.9 Å². The first-order valence-electron chi connectivity index (χ1n) is 7.87. The number of nitrogens with zero attached hydrogens (tertiary/aromatic N) is 6. The van der Waals surface area contributed by atoms with Gasteiger partial charge in [-0.1, -0.05) is 0 Å². The third kappa shape index (κ3) is 2.62. The molecule has 1 aliphatic heterocycles. The third-order valence-corrected chi connectivity index (χ3v) is 5.20. The maximum Gasteiger partial charge on any atom is 0.260 e. The number of piperazine rings is 1. The fraction of sp³-hybridized carbons (Fsp3) is 0.375. The van der Waals surface area contributed by atoms with Crippen LogP contribution in [0.15, 0.2) is 29.3 Å². The predicted molar refractivity (Wildman–Crippen MR) is 96.1 cm³/mol. The van der Waals surface area contributed by atoms with E-state index in [1.807, 2.05) is 25.1 Å². The van der Waals surface area contributed by atoms with Crippen LogP contribution in [-0.2, 0) is 7.05 Å². The SMILES string of the molecule is Cc1nsc(N2CCN(c3ccc4c(=O)n(C)cnc4c3)CC2)n1. The molecule has 4 rings (SSSR count). The number of hydrogen-bond acceptors (Lipinski definition) is 7. The van der Waals surface area contributed by atoms with Gasteiger partial charge in [0.15, 0.2) is 0 Å². The second-order valence-electron chi connectivity index (χ2n) is 5.96. The zero-order chi connectivity index (χ0) is 16.7. The minimum absolute atomic E-state index is 0.0111. The molecule has 0 spiro atoms. The van der Waals surface area contributed by atoms with Crippen molar-refractivity contribution in [2.45, 2.75) is 6.92 Å². The molecule has 0 amide bonds. The summed E-state index contributed by atoms with van der Waals surface area (Å²) in [4.78, 5) is 25.5. The van der Waals surface area contributed by atoms with Crippen molar-refractivity contribution in [2.24, 2.45) is 7.05 Å². The van der Waals surface area contributed by atoms with Crippen molar-refractivity contribution in [3.63, 3.8) is 0 Å². The van der Waals surface area contributed by atoms with Crippen LogP contribution in [0.4, 0.5) is 10.8 Å². The normalized spacial score (nSPS) is 15.2. The zero-order valence-electron chi connectivity index (χ0n) is 13.6. The molecule has 0 unspecified atom stereocenters. The Balaban J connectivity index is 1.54. The molecule has 124 valence electrons. The number of anilines is 2. The first kappa shape index (κ1) is 15.1. The first-order chi connectivity index (χ1) is 11.6. The van der Waals surface area contributed by atoms with Crippen LogP contribution >= 0.6 is 11.5 Å². The smallest absolute Gasteiger partial charge is 0.260 e. The molecule has 2 aromatic heterocycles. The molecule has 0 N–H and O–H groups in total. The van der Waals surface area contributed by atoms with Crippen molar-refractivity contribution < 1.29 is 0 Å². The third-order valence-electron chi connectivity index (χ3n) is 4.33. The van der Waals surface area contributed by atoms with E-state index in [0.29, 0.717) is 5.39 Å². The Morgan fingerprint density at radius 1 is 1.12 bits per heavy atom. The number of hydrogen-bond donors (Lipinski definition) is 0. The summed E-state index contributed by atoms with van der Waals surface area (Å²) >= 11 is 1.46. The molecular weight excluding hydrogens is 324 g/mol. The van der Waals surface area contributed by atoms with Gasteiger partial charge >= 0.3 is 0 Å². The Bertz CT molecular complexity index is 941. The van der Waals surface area contributed by atoms with Gasteiger partial charge in [-0.15, -0.1) is 0 Å². The molecule has 1 saturated heterocycles. The number of aryl methyl sites for hydroxylation is 2. The topological polar surface area (TPSA) is 67.2 Å². The van der Waals surface area contributed by atoms with Crippen molar-refractivity contribution in [1.29, 1.82) is 0 Å². The Hall–Kier alpha value is -2.48. The number of benzene rings is 1. The molecule has 0 radical (unpaired) electrons. The minimum Gasteiger partial charge on any atom is -0.368 e. The molecule has 0 atom stereocenters. The molecule has 8 heteroatoms. The van der Waals surface area contributed by atoms with Crippen LogP contribution in [0.2, 0.25) is 0 Å². The molecule has 3 heterocycles. The number of rotatable bonds is 2. The van der Waals surface area contributed by atoms with Gasteiger partial charge in [-0.05, 0) is 25.1 Å². The lowest BCUT2D eigenvalue weighted by Crippen LogP contribution is -2.46. The Labute approximate surface area is 143 Å². The van der Waals surface area contributed by atoms with E-state index in [-0.39, 0.29) is 5.56 Å². The average molecular weight is 342 g/mol. The summed E-state index contributed by atoms with van der Waals surface area (Å²) < 4.78 is 5.76. The lowest BCUT2D eigenvalue weighted by atomic mass is 10.2. The zero-order valence-corrected chi connectivity index (χ0v) is 14.5. The fourth-order valence-corrected chi connectivity index (χ4v) is 3.69. The van der Waals surface area contributed by atoms with Crippen LogP contribution in [0.5, 0.6) is 0 Å². The maximum absolute atomic E-state index is 12.1. The second-order valence-corrected chi connectivity index (χ2v) is 6.69. The van der Waals surface area contributed by atoms with E-state index in [2.05, 4.69) is 24.1 Å². The Kier molecular flexibility index (Phi) is 3.68. The van der Waals surface area contributed by atoms with Gasteiger partial charge in [0.2, 0.25) is 5.13 Å². The van der Waals surface area contributed by atoms with Crippen LogP contribution in [0, 0.1) is 6.92 Å². The Morgan fingerprint density at radius 2 is 1.88 bits per heavy atom. The number of aromatic nitrogens is 4. The van der Waals surface area contributed by atoms with E-state index in [9.17, 15) is 4.79 Å². The quantitative estimate of drug-likeness (QED) is 0.702. The molecule has 7 nitrogen and oxygen atoms in total. The predicted octanol–water partition coefficient (Wildman–Crippen LogP) is 1.42. The molecule has 1 fully saturated rings. The Morgan fingerprint density at radius 3 is 2.58 bits per heavy atom. The summed E-state index contributed by atoms with van der Waals surface area (Å²) in [6, 6.07) is 5.89. The van der Waals surface area contributed by atoms with Gasteiger partial charge in [0, 0.05) is 50.4 Å². The van der Waals surface area contributed by atoms with Crippen LogP contribution < -0.4 is 15.4 Å². The molecule has 1 aromatic carbocycles. The molecule has 1 aliphatic rings. The van der Waals surface area contributed by atoms with Gasteiger partial charge < -0.3 is 14.4 Å². The molecule has 24 heavy (non-hydrogen) atoms. The minimum atomic E-state index is -0.0111. The molecule has 3 aromatic rings. The van der Waals surface area contributed by atoms with Crippen molar-refractivity contribution >= 4 is 33.3 Å². The van der Waals surface area contributed by atoms with Crippen LogP contribution in [0.1, 0.15) is 5.82 Å². The monoisotopic (exact) mass is 342 g/mol. The van der Waals surface area contributed by atoms with Crippen molar-refractivity contribution in [2.75, 3.05) is 36.0 Å². The molecule has 0 saturated carbocycles. The average Bonchev–Trinajstić information content (AvgIpc) is 3.04. The summed E-state index contributed by atoms with van der Waals surface area (Å²) in [5, 5.41) is 1.66. The lowest BCUT2D eigenvalue weighted by molar-refractivity contribution is 0.652. The highest BCUT2D eigenvalue weighted by atomic mass is 32.1. The highest BCUT2D eigenvalue weighted by Gasteiger charge is 2.20. The van der Waals surface area contributed by atoms with Gasteiger partial charge in [-0.3, -0.25) is 4.79 Å². The van der Waals surface area contributed by atoms with E-state index in [1.54, 1.807) is 13.4 Å². The lowest BCUT2D eigenvalue weighted by Gasteiger charge is -2.35. The van der Waals surface area contributed by atoms with E-state index < -0.39 is 0 Å². The van der Waals surface area contributed by atoms with Gasteiger partial charge in [0.1, 0.15) is 5.82 Å². The number of fused-ring (bicyclic) bond motifs is 1. The highest BCUT2D eigenvalue weighted by Crippen LogP contribution is 2.23. The summed E-state index contributed by atoms with van der Waals surface area (Å²) in [7, 11) is 1.72. The summed E-state index contributed by atoms with van der Waals surface area (Å²) in [5.41, 5.74) is 1.84. The van der Waals surface area contributed by atoms with Crippen LogP contribution in [0.3, 0.4) is 0 Å². The molecular formula is C16H18N6OS. The van der Waals surface area contributed by atoms with E-state index in [1.165, 1.54) is 16.1 Å². The standard InChI is InChI=1S/C16H18N6OS/c1-11-18-16(24-19-11)22-7-5-21(6-8-22)12-3-4-13-14(9-12)17-10-20(2)15(13)23/h3-4,9-10H,5-8H2,1-2H3. The summed E-state index contributed by atoms with van der Waals surface area (Å²) in [6.45, 7) is 5.57. The fourth-order valence-electron chi connectivity index (χ4n) is 2.97.